The Kier molecular flexibility index (Phi) is 2.44. The van der Waals surface area contributed by atoms with Crippen LogP contribution in [0, 0.1) is 0 Å². The minimum Gasteiger partial charge on any atom is -0.402 e. The summed E-state index contributed by atoms with van der Waals surface area (Å²) >= 11 is 1.42. The second-order valence-corrected chi connectivity index (χ2v) is 3.18. The Morgan fingerprint density at radius 2 is 2.45 bits per heavy atom. The van der Waals surface area contributed by atoms with Gasteiger partial charge in [0, 0.05) is 11.8 Å². The van der Waals surface area contributed by atoms with Gasteiger partial charge in [-0.2, -0.15) is 0 Å². The van der Waals surface area contributed by atoms with E-state index in [4.69, 9.17) is 5.73 Å². The number of nitrogens with two attached hydrogens (primary N) is 1. The van der Waals surface area contributed by atoms with Crippen molar-refractivity contribution in [1.82, 2.24) is 0 Å². The van der Waals surface area contributed by atoms with Crippen LogP contribution in [0.15, 0.2) is 29.3 Å². The summed E-state index contributed by atoms with van der Waals surface area (Å²) in [7, 11) is 0. The molecular weight excluding hydrogens is 158 g/mol. The fourth-order valence-corrected chi connectivity index (χ4v) is 1.33. The van der Waals surface area contributed by atoms with Gasteiger partial charge in [0.2, 0.25) is 0 Å². The van der Waals surface area contributed by atoms with E-state index in [1.54, 1.807) is 13.0 Å². The molecule has 0 saturated heterocycles. The third-order valence-corrected chi connectivity index (χ3v) is 2.01. The highest BCUT2D eigenvalue weighted by Crippen LogP contribution is 2.09. The molecule has 1 heterocycles. The molecule has 0 aliphatic heterocycles. The monoisotopic (exact) mass is 167 g/mol. The first-order valence-corrected chi connectivity index (χ1v) is 4.09. The summed E-state index contributed by atoms with van der Waals surface area (Å²) in [6, 6.07) is 3.63. The van der Waals surface area contributed by atoms with Crippen molar-refractivity contribution in [3.8, 4) is 0 Å². The standard InChI is InChI=1S/C8H9NOS/c1-6(9)5-7(10)8-3-2-4-11-8/h2-5H,9H2,1H3/b6-5-. The van der Waals surface area contributed by atoms with E-state index in [0.717, 1.165) is 4.88 Å². The molecular formula is C8H9NOS. The van der Waals surface area contributed by atoms with Gasteiger partial charge in [0.1, 0.15) is 0 Å². The number of ketones is 1. The Hall–Kier alpha value is -1.09. The maximum Gasteiger partial charge on any atom is 0.197 e. The molecule has 0 aliphatic rings. The Bertz CT molecular complexity index is 270. The summed E-state index contributed by atoms with van der Waals surface area (Å²) in [6.07, 6.45) is 1.44. The van der Waals surface area contributed by atoms with Crippen molar-refractivity contribution >= 4 is 17.1 Å². The summed E-state index contributed by atoms with van der Waals surface area (Å²) in [6.45, 7) is 1.70. The van der Waals surface area contributed by atoms with Gasteiger partial charge in [0.05, 0.1) is 4.88 Å². The minimum absolute atomic E-state index is 0.0139. The van der Waals surface area contributed by atoms with Gasteiger partial charge >= 0.3 is 0 Å². The van der Waals surface area contributed by atoms with Crippen LogP contribution in [0.2, 0.25) is 0 Å². The first-order chi connectivity index (χ1) is 5.20. The predicted octanol–water partition coefficient (Wildman–Crippen LogP) is 1.79. The minimum atomic E-state index is -0.0139. The van der Waals surface area contributed by atoms with E-state index in [9.17, 15) is 4.79 Å². The van der Waals surface area contributed by atoms with Crippen molar-refractivity contribution in [2.45, 2.75) is 6.92 Å². The van der Waals surface area contributed by atoms with Crippen LogP contribution >= 0.6 is 11.3 Å². The van der Waals surface area contributed by atoms with Crippen LogP contribution in [0.1, 0.15) is 16.6 Å². The van der Waals surface area contributed by atoms with Crippen LogP contribution in [0.5, 0.6) is 0 Å². The molecule has 0 radical (unpaired) electrons. The Morgan fingerprint density at radius 1 is 1.73 bits per heavy atom. The molecule has 11 heavy (non-hydrogen) atoms. The molecule has 0 atom stereocenters. The lowest BCUT2D eigenvalue weighted by Crippen LogP contribution is -1.97. The molecule has 1 aromatic rings. The number of thiophene rings is 1. The summed E-state index contributed by atoms with van der Waals surface area (Å²) in [4.78, 5) is 11.9. The van der Waals surface area contributed by atoms with E-state index in [0.29, 0.717) is 5.70 Å². The van der Waals surface area contributed by atoms with E-state index in [2.05, 4.69) is 0 Å². The van der Waals surface area contributed by atoms with Crippen molar-refractivity contribution in [3.05, 3.63) is 34.2 Å². The second kappa shape index (κ2) is 3.34. The smallest absolute Gasteiger partial charge is 0.197 e. The van der Waals surface area contributed by atoms with E-state index in [1.165, 1.54) is 17.4 Å². The normalized spacial score (nSPS) is 11.5. The molecule has 2 N–H and O–H groups in total. The van der Waals surface area contributed by atoms with Crippen molar-refractivity contribution in [2.75, 3.05) is 0 Å². The van der Waals surface area contributed by atoms with E-state index >= 15 is 0 Å². The third kappa shape index (κ3) is 2.20. The lowest BCUT2D eigenvalue weighted by molar-refractivity contribution is 0.104. The molecule has 0 aliphatic carbocycles. The van der Waals surface area contributed by atoms with E-state index in [-0.39, 0.29) is 5.78 Å². The highest BCUT2D eigenvalue weighted by molar-refractivity contribution is 7.12. The largest absolute Gasteiger partial charge is 0.402 e. The molecule has 1 rings (SSSR count). The van der Waals surface area contributed by atoms with Crippen molar-refractivity contribution in [3.63, 3.8) is 0 Å². The topological polar surface area (TPSA) is 43.1 Å². The SMILES string of the molecule is C/C(N)=C/C(=O)c1cccs1. The molecule has 0 aromatic carbocycles. The highest BCUT2D eigenvalue weighted by Gasteiger charge is 2.01. The van der Waals surface area contributed by atoms with Gasteiger partial charge in [0.25, 0.3) is 0 Å². The summed E-state index contributed by atoms with van der Waals surface area (Å²) < 4.78 is 0. The van der Waals surface area contributed by atoms with Gasteiger partial charge in [-0.25, -0.2) is 0 Å². The third-order valence-electron chi connectivity index (χ3n) is 1.12. The molecule has 58 valence electrons. The number of carbonyl (C=O) groups is 1. The summed E-state index contributed by atoms with van der Waals surface area (Å²) in [5.74, 6) is -0.0139. The number of allylic oxidation sites excluding steroid dienone is 2. The van der Waals surface area contributed by atoms with Crippen LogP contribution in [-0.4, -0.2) is 5.78 Å². The number of carbonyl (C=O) groups excluding carboxylic acids is 1. The molecule has 0 saturated carbocycles. The number of hydrogen-bond acceptors (Lipinski definition) is 3. The number of hydrogen-bond donors (Lipinski definition) is 1. The molecule has 0 bridgehead atoms. The Labute approximate surface area is 69.3 Å². The first kappa shape index (κ1) is 8.01. The van der Waals surface area contributed by atoms with Gasteiger partial charge < -0.3 is 5.73 Å². The highest BCUT2D eigenvalue weighted by atomic mass is 32.1. The quantitative estimate of drug-likeness (QED) is 0.539. The number of rotatable bonds is 2. The summed E-state index contributed by atoms with van der Waals surface area (Å²) in [5.41, 5.74) is 5.89. The Morgan fingerprint density at radius 3 is 2.91 bits per heavy atom. The van der Waals surface area contributed by atoms with Crippen LogP contribution in [0.25, 0.3) is 0 Å². The fourth-order valence-electron chi connectivity index (χ4n) is 0.697. The summed E-state index contributed by atoms with van der Waals surface area (Å²) in [5, 5.41) is 1.87. The molecule has 0 unspecified atom stereocenters. The zero-order valence-corrected chi connectivity index (χ0v) is 7.02. The zero-order chi connectivity index (χ0) is 8.27. The van der Waals surface area contributed by atoms with Gasteiger partial charge in [-0.15, -0.1) is 11.3 Å². The fraction of sp³-hybridized carbons (Fsp3) is 0.125. The van der Waals surface area contributed by atoms with Crippen LogP contribution in [0.3, 0.4) is 0 Å². The van der Waals surface area contributed by atoms with Crippen molar-refractivity contribution in [1.29, 1.82) is 0 Å². The molecule has 0 fully saturated rings. The molecule has 0 spiro atoms. The maximum atomic E-state index is 11.2. The van der Waals surface area contributed by atoms with Crippen molar-refractivity contribution < 1.29 is 4.79 Å². The van der Waals surface area contributed by atoms with E-state index in [1.807, 2.05) is 11.4 Å². The molecule has 3 heteroatoms. The lowest BCUT2D eigenvalue weighted by Gasteiger charge is -1.89. The first-order valence-electron chi connectivity index (χ1n) is 3.22. The zero-order valence-electron chi connectivity index (χ0n) is 6.20. The predicted molar refractivity (Wildman–Crippen MR) is 46.6 cm³/mol. The molecule has 1 aromatic heterocycles. The van der Waals surface area contributed by atoms with Crippen LogP contribution in [0.4, 0.5) is 0 Å². The van der Waals surface area contributed by atoms with E-state index < -0.39 is 0 Å². The van der Waals surface area contributed by atoms with Gasteiger partial charge in [-0.3, -0.25) is 4.79 Å². The lowest BCUT2D eigenvalue weighted by atomic mass is 10.3. The van der Waals surface area contributed by atoms with Gasteiger partial charge in [-0.05, 0) is 18.4 Å². The van der Waals surface area contributed by atoms with Gasteiger partial charge in [0.15, 0.2) is 5.78 Å². The Balaban J connectivity index is 2.80. The van der Waals surface area contributed by atoms with Crippen LogP contribution < -0.4 is 5.73 Å². The molecule has 2 nitrogen and oxygen atoms in total. The van der Waals surface area contributed by atoms with Crippen LogP contribution in [-0.2, 0) is 0 Å². The van der Waals surface area contributed by atoms with Crippen molar-refractivity contribution in [2.24, 2.45) is 5.73 Å². The molecule has 0 amide bonds. The maximum absolute atomic E-state index is 11.2. The van der Waals surface area contributed by atoms with Gasteiger partial charge in [-0.1, -0.05) is 6.07 Å². The average Bonchev–Trinajstić information content (AvgIpc) is 2.35. The average molecular weight is 167 g/mol. The second-order valence-electron chi connectivity index (χ2n) is 2.23.